The molecule has 0 amide bonds. The molecule has 1 N–H and O–H groups in total. The number of benzene rings is 2. The van der Waals surface area contributed by atoms with Crippen molar-refractivity contribution in [1.82, 2.24) is 4.72 Å². The summed E-state index contributed by atoms with van der Waals surface area (Å²) in [5.74, 6) is -6.18. The Morgan fingerprint density at radius 2 is 1.91 bits per heavy atom. The summed E-state index contributed by atoms with van der Waals surface area (Å²) in [5, 5.41) is 11.5. The summed E-state index contributed by atoms with van der Waals surface area (Å²) in [5.41, 5.74) is -2.91. The van der Waals surface area contributed by atoms with Crippen molar-refractivity contribution in [3.63, 3.8) is 0 Å². The number of halogens is 2. The zero-order chi connectivity index (χ0) is 25.3. The molecule has 0 radical (unpaired) electrons. The van der Waals surface area contributed by atoms with Crippen molar-refractivity contribution in [3.8, 4) is 5.75 Å². The number of hydrogen-bond acceptors (Lipinski definition) is 7. The number of fused-ring (bicyclic) bond motifs is 1. The van der Waals surface area contributed by atoms with Crippen LogP contribution in [0.2, 0.25) is 0 Å². The van der Waals surface area contributed by atoms with Crippen LogP contribution in [0.15, 0.2) is 48.5 Å². The SMILES string of the molecule is CCOC(=O)C(F)(F)[C@@]1(N[S@+]([O-])C(C)(C)C)CC(c2ccccc2)Oc2ccc([N+](=O)[O-])cc21. The van der Waals surface area contributed by atoms with Gasteiger partial charge in [-0.1, -0.05) is 30.3 Å². The van der Waals surface area contributed by atoms with Gasteiger partial charge in [0.2, 0.25) is 0 Å². The molecule has 11 heteroatoms. The van der Waals surface area contributed by atoms with Gasteiger partial charge in [0.15, 0.2) is 5.54 Å². The lowest BCUT2D eigenvalue weighted by Gasteiger charge is -2.46. The highest BCUT2D eigenvalue weighted by molar-refractivity contribution is 7.90. The number of nitrogens with zero attached hydrogens (tertiary/aromatic N) is 1. The molecule has 0 fully saturated rings. The predicted molar refractivity (Wildman–Crippen MR) is 122 cm³/mol. The third-order valence-corrected chi connectivity index (χ3v) is 7.10. The summed E-state index contributed by atoms with van der Waals surface area (Å²) in [6.07, 6.45) is -1.52. The minimum Gasteiger partial charge on any atom is -0.598 e. The van der Waals surface area contributed by atoms with Crippen LogP contribution in [-0.4, -0.2) is 32.7 Å². The summed E-state index contributed by atoms with van der Waals surface area (Å²) in [6.45, 7) is 5.81. The Kier molecular flexibility index (Phi) is 7.20. The fourth-order valence-electron chi connectivity index (χ4n) is 3.67. The van der Waals surface area contributed by atoms with E-state index in [0.717, 1.165) is 12.1 Å². The maximum atomic E-state index is 16.1. The quantitative estimate of drug-likeness (QED) is 0.259. The van der Waals surface area contributed by atoms with Gasteiger partial charge >= 0.3 is 11.9 Å². The lowest BCUT2D eigenvalue weighted by atomic mass is 9.76. The molecule has 0 aromatic heterocycles. The van der Waals surface area contributed by atoms with E-state index in [1.165, 1.54) is 13.0 Å². The number of nitro benzene ring substituents is 1. The van der Waals surface area contributed by atoms with E-state index in [2.05, 4.69) is 9.46 Å². The number of alkyl halides is 2. The maximum Gasteiger partial charge on any atom is 0.379 e. The van der Waals surface area contributed by atoms with Crippen LogP contribution in [0, 0.1) is 10.1 Å². The number of esters is 1. The maximum absolute atomic E-state index is 16.1. The predicted octanol–water partition coefficient (Wildman–Crippen LogP) is 4.56. The molecule has 0 saturated heterocycles. The number of carbonyl (C=O) groups excluding carboxylic acids is 1. The number of nitro groups is 1. The van der Waals surface area contributed by atoms with E-state index in [-0.39, 0.29) is 17.9 Å². The highest BCUT2D eigenvalue weighted by Gasteiger charge is 2.67. The Morgan fingerprint density at radius 1 is 1.26 bits per heavy atom. The lowest BCUT2D eigenvalue weighted by molar-refractivity contribution is -0.385. The van der Waals surface area contributed by atoms with Gasteiger partial charge in [-0.2, -0.15) is 8.78 Å². The summed E-state index contributed by atoms with van der Waals surface area (Å²) in [6, 6.07) is 11.8. The number of rotatable bonds is 7. The average molecular weight is 497 g/mol. The average Bonchev–Trinajstić information content (AvgIpc) is 2.78. The molecule has 184 valence electrons. The first-order valence-electron chi connectivity index (χ1n) is 10.6. The Morgan fingerprint density at radius 3 is 2.47 bits per heavy atom. The summed E-state index contributed by atoms with van der Waals surface area (Å²) < 4.78 is 57.5. The van der Waals surface area contributed by atoms with Crippen molar-refractivity contribution in [3.05, 3.63) is 69.8 Å². The molecule has 0 aliphatic carbocycles. The van der Waals surface area contributed by atoms with E-state index >= 15 is 8.78 Å². The fraction of sp³-hybridized carbons (Fsp3) is 0.435. The molecule has 1 aliphatic rings. The van der Waals surface area contributed by atoms with Crippen LogP contribution in [0.4, 0.5) is 14.5 Å². The Labute approximate surface area is 199 Å². The van der Waals surface area contributed by atoms with Gasteiger partial charge in [-0.3, -0.25) is 10.1 Å². The lowest BCUT2D eigenvalue weighted by Crippen LogP contribution is -2.65. The van der Waals surface area contributed by atoms with Crippen LogP contribution in [0.25, 0.3) is 0 Å². The Hall–Kier alpha value is -2.76. The fourth-order valence-corrected chi connectivity index (χ4v) is 4.61. The molecule has 34 heavy (non-hydrogen) atoms. The number of carbonyl (C=O) groups is 1. The van der Waals surface area contributed by atoms with Crippen molar-refractivity contribution in [2.45, 2.75) is 56.4 Å². The topological polar surface area (TPSA) is 114 Å². The van der Waals surface area contributed by atoms with Gasteiger partial charge in [-0.05, 0) is 39.3 Å². The van der Waals surface area contributed by atoms with Crippen LogP contribution in [0.1, 0.15) is 51.3 Å². The number of nitrogens with one attached hydrogen (secondary N) is 1. The van der Waals surface area contributed by atoms with Gasteiger partial charge in [0.1, 0.15) is 16.6 Å². The van der Waals surface area contributed by atoms with Crippen LogP contribution in [0.5, 0.6) is 5.75 Å². The number of non-ortho nitro benzene ring substituents is 1. The molecule has 1 heterocycles. The molecule has 3 atom stereocenters. The van der Waals surface area contributed by atoms with E-state index in [4.69, 9.17) is 4.74 Å². The van der Waals surface area contributed by atoms with Crippen LogP contribution in [-0.2, 0) is 26.4 Å². The molecule has 0 spiro atoms. The van der Waals surface area contributed by atoms with Gasteiger partial charge in [-0.25, -0.2) is 4.79 Å². The third-order valence-electron chi connectivity index (χ3n) is 5.46. The van der Waals surface area contributed by atoms with E-state index in [1.807, 2.05) is 0 Å². The smallest absolute Gasteiger partial charge is 0.379 e. The molecular formula is C23H26F2N2O6S. The van der Waals surface area contributed by atoms with Gasteiger partial charge < -0.3 is 14.0 Å². The second kappa shape index (κ2) is 9.47. The molecule has 1 unspecified atom stereocenters. The first-order chi connectivity index (χ1) is 15.8. The largest absolute Gasteiger partial charge is 0.598 e. The Bertz CT molecular complexity index is 1060. The van der Waals surface area contributed by atoms with Crippen molar-refractivity contribution in [2.24, 2.45) is 0 Å². The van der Waals surface area contributed by atoms with Gasteiger partial charge in [0.25, 0.3) is 5.69 Å². The highest BCUT2D eigenvalue weighted by Crippen LogP contribution is 2.53. The summed E-state index contributed by atoms with van der Waals surface area (Å²) in [4.78, 5) is 23.3. The molecular weight excluding hydrogens is 470 g/mol. The number of hydrogen-bond donors (Lipinski definition) is 1. The second-order valence-electron chi connectivity index (χ2n) is 8.84. The zero-order valence-corrected chi connectivity index (χ0v) is 20.0. The van der Waals surface area contributed by atoms with Crippen LogP contribution in [0.3, 0.4) is 0 Å². The first-order valence-corrected chi connectivity index (χ1v) is 11.7. The minimum atomic E-state index is -4.26. The first kappa shape index (κ1) is 25.9. The van der Waals surface area contributed by atoms with Gasteiger partial charge in [-0.15, -0.1) is 4.72 Å². The molecule has 1 aliphatic heterocycles. The van der Waals surface area contributed by atoms with Crippen LogP contribution >= 0.6 is 0 Å². The van der Waals surface area contributed by atoms with E-state index in [0.29, 0.717) is 5.56 Å². The van der Waals surface area contributed by atoms with E-state index < -0.39 is 56.7 Å². The van der Waals surface area contributed by atoms with Crippen molar-refractivity contribution < 1.29 is 32.5 Å². The highest BCUT2D eigenvalue weighted by atomic mass is 32.2. The Balaban J connectivity index is 2.31. The molecule has 2 aromatic rings. The van der Waals surface area contributed by atoms with Crippen molar-refractivity contribution in [2.75, 3.05) is 6.61 Å². The zero-order valence-electron chi connectivity index (χ0n) is 19.2. The molecule has 0 saturated carbocycles. The molecule has 8 nitrogen and oxygen atoms in total. The van der Waals surface area contributed by atoms with Crippen LogP contribution < -0.4 is 9.46 Å². The standard InChI is InChI=1S/C23H26F2N2O6S/c1-5-32-20(28)23(24,25)22(26-34(31)21(2,3)4)14-19(15-9-7-6-8-10-15)33-18-12-11-16(27(29)30)13-17(18)22/h6-13,19,26H,5,14H2,1-4H3/t19?,22-,34-/m1/s1. The van der Waals surface area contributed by atoms with Crippen molar-refractivity contribution >= 4 is 23.0 Å². The van der Waals surface area contributed by atoms with Gasteiger partial charge in [0, 0.05) is 35.5 Å². The third kappa shape index (κ3) is 4.73. The minimum absolute atomic E-state index is 0.0897. The molecule has 3 rings (SSSR count). The van der Waals surface area contributed by atoms with E-state index in [1.54, 1.807) is 51.1 Å². The number of ether oxygens (including phenoxy) is 2. The summed E-state index contributed by atoms with van der Waals surface area (Å²) >= 11 is -2.10. The summed E-state index contributed by atoms with van der Waals surface area (Å²) in [7, 11) is 0. The monoisotopic (exact) mass is 496 g/mol. The van der Waals surface area contributed by atoms with E-state index in [9.17, 15) is 19.5 Å². The second-order valence-corrected chi connectivity index (χ2v) is 10.8. The normalized spacial score (nSPS) is 21.2. The van der Waals surface area contributed by atoms with Gasteiger partial charge in [0.05, 0.1) is 11.5 Å². The molecule has 0 bridgehead atoms. The molecule has 2 aromatic carbocycles. The van der Waals surface area contributed by atoms with Crippen molar-refractivity contribution in [1.29, 1.82) is 0 Å².